The van der Waals surface area contributed by atoms with Crippen LogP contribution in [0.1, 0.15) is 27.8 Å². The first-order chi connectivity index (χ1) is 12.9. The summed E-state index contributed by atoms with van der Waals surface area (Å²) in [6.07, 6.45) is 1.42. The van der Waals surface area contributed by atoms with Crippen molar-refractivity contribution >= 4 is 28.8 Å². The zero-order valence-electron chi connectivity index (χ0n) is 14.3. The van der Waals surface area contributed by atoms with Gasteiger partial charge in [0, 0.05) is 34.9 Å². The maximum atomic E-state index is 13.3. The van der Waals surface area contributed by atoms with Crippen molar-refractivity contribution in [3.63, 3.8) is 0 Å². The molecule has 1 heterocycles. The summed E-state index contributed by atoms with van der Waals surface area (Å²) in [5, 5.41) is 5.55. The summed E-state index contributed by atoms with van der Waals surface area (Å²) in [5.74, 6) is -2.49. The molecule has 0 aliphatic carbocycles. The predicted molar refractivity (Wildman–Crippen MR) is 98.3 cm³/mol. The molecule has 3 rings (SSSR count). The number of benzene rings is 2. The van der Waals surface area contributed by atoms with E-state index in [1.54, 1.807) is 30.3 Å². The molecule has 1 aromatic heterocycles. The fourth-order valence-electron chi connectivity index (χ4n) is 2.38. The van der Waals surface area contributed by atoms with Gasteiger partial charge in [-0.25, -0.2) is 8.78 Å². The molecule has 0 bridgehead atoms. The Morgan fingerprint density at radius 1 is 0.889 bits per heavy atom. The Morgan fingerprint density at radius 2 is 1.67 bits per heavy atom. The first-order valence-electron chi connectivity index (χ1n) is 8.03. The molecule has 7 heteroatoms. The average Bonchev–Trinajstić information content (AvgIpc) is 2.65. The van der Waals surface area contributed by atoms with Crippen LogP contribution >= 0.6 is 0 Å². The second kappa shape index (κ2) is 7.74. The maximum absolute atomic E-state index is 13.3. The molecule has 3 aromatic rings. The number of nitrogens with one attached hydrogen (secondary N) is 2. The smallest absolute Gasteiger partial charge is 0.274 e. The van der Waals surface area contributed by atoms with E-state index in [0.29, 0.717) is 22.6 Å². The number of hydrogen-bond donors (Lipinski definition) is 2. The number of Topliss-reactive ketones (excluding diaryl/α,β-unsaturated/α-hetero) is 1. The lowest BCUT2D eigenvalue weighted by molar-refractivity contribution is 0.100. The lowest BCUT2D eigenvalue weighted by atomic mass is 10.1. The van der Waals surface area contributed by atoms with Crippen molar-refractivity contribution in [3.8, 4) is 0 Å². The second-order valence-electron chi connectivity index (χ2n) is 5.77. The highest BCUT2D eigenvalue weighted by Crippen LogP contribution is 2.20. The first-order valence-corrected chi connectivity index (χ1v) is 8.03. The minimum Gasteiger partial charge on any atom is -0.355 e. The molecule has 0 radical (unpaired) electrons. The molecule has 27 heavy (non-hydrogen) atoms. The number of carbonyl (C=O) groups excluding carboxylic acids is 2. The van der Waals surface area contributed by atoms with E-state index < -0.39 is 17.5 Å². The van der Waals surface area contributed by atoms with Gasteiger partial charge in [-0.05, 0) is 43.3 Å². The number of nitrogens with zero attached hydrogens (tertiary/aromatic N) is 1. The number of hydrogen-bond acceptors (Lipinski definition) is 4. The highest BCUT2D eigenvalue weighted by Gasteiger charge is 2.10. The summed E-state index contributed by atoms with van der Waals surface area (Å²) in [5.41, 5.74) is 1.89. The van der Waals surface area contributed by atoms with E-state index in [1.807, 2.05) is 0 Å². The Labute approximate surface area is 154 Å². The summed E-state index contributed by atoms with van der Waals surface area (Å²) in [4.78, 5) is 27.8. The molecular formula is C20H15F2N3O2. The van der Waals surface area contributed by atoms with Gasteiger partial charge in [0.25, 0.3) is 5.91 Å². The van der Waals surface area contributed by atoms with Crippen LogP contribution in [-0.2, 0) is 0 Å². The number of amides is 1. The average molecular weight is 367 g/mol. The van der Waals surface area contributed by atoms with Gasteiger partial charge in [-0.3, -0.25) is 14.6 Å². The lowest BCUT2D eigenvalue weighted by Gasteiger charge is -2.09. The zero-order valence-corrected chi connectivity index (χ0v) is 14.3. The summed E-state index contributed by atoms with van der Waals surface area (Å²) < 4.78 is 26.3. The molecule has 2 aromatic carbocycles. The molecule has 0 unspecified atom stereocenters. The summed E-state index contributed by atoms with van der Waals surface area (Å²) in [6, 6.07) is 13.0. The normalized spacial score (nSPS) is 10.3. The van der Waals surface area contributed by atoms with Crippen LogP contribution in [0.2, 0.25) is 0 Å². The predicted octanol–water partition coefficient (Wildman–Crippen LogP) is 4.56. The van der Waals surface area contributed by atoms with Crippen LogP contribution in [0.4, 0.5) is 25.8 Å². The van der Waals surface area contributed by atoms with E-state index in [9.17, 15) is 18.4 Å². The van der Waals surface area contributed by atoms with Gasteiger partial charge in [0.2, 0.25) is 0 Å². The van der Waals surface area contributed by atoms with Crippen molar-refractivity contribution < 1.29 is 18.4 Å². The van der Waals surface area contributed by atoms with Gasteiger partial charge in [0.05, 0.1) is 0 Å². The Morgan fingerprint density at radius 3 is 2.41 bits per heavy atom. The Bertz CT molecular complexity index is 1020. The van der Waals surface area contributed by atoms with Gasteiger partial charge in [-0.2, -0.15) is 0 Å². The summed E-state index contributed by atoms with van der Waals surface area (Å²) in [7, 11) is 0. The van der Waals surface area contributed by atoms with E-state index in [0.717, 1.165) is 12.1 Å². The van der Waals surface area contributed by atoms with Crippen molar-refractivity contribution in [3.05, 3.63) is 83.7 Å². The molecule has 0 saturated carbocycles. The molecule has 0 aliphatic rings. The zero-order chi connectivity index (χ0) is 19.4. The van der Waals surface area contributed by atoms with Gasteiger partial charge < -0.3 is 10.6 Å². The molecule has 0 aliphatic heterocycles. The molecule has 5 nitrogen and oxygen atoms in total. The van der Waals surface area contributed by atoms with Crippen LogP contribution in [0.15, 0.2) is 60.8 Å². The molecular weight excluding hydrogens is 352 g/mol. The lowest BCUT2D eigenvalue weighted by Crippen LogP contribution is -2.14. The van der Waals surface area contributed by atoms with E-state index in [1.165, 1.54) is 25.3 Å². The Kier molecular flexibility index (Phi) is 5.21. The number of halogens is 2. The van der Waals surface area contributed by atoms with Gasteiger partial charge in [0.1, 0.15) is 5.69 Å². The number of rotatable bonds is 5. The number of anilines is 3. The number of pyridine rings is 1. The van der Waals surface area contributed by atoms with Crippen LogP contribution < -0.4 is 10.6 Å². The van der Waals surface area contributed by atoms with Crippen LogP contribution in [0.25, 0.3) is 0 Å². The SMILES string of the molecule is CC(=O)c1cccc(NC(=O)c2cc(Nc3ccc(F)c(F)c3)ccn2)c1. The molecule has 2 N–H and O–H groups in total. The third-order valence-electron chi connectivity index (χ3n) is 3.73. The topological polar surface area (TPSA) is 71.1 Å². The van der Waals surface area contributed by atoms with Crippen LogP contribution in [-0.4, -0.2) is 16.7 Å². The van der Waals surface area contributed by atoms with E-state index in [4.69, 9.17) is 0 Å². The van der Waals surface area contributed by atoms with E-state index in [-0.39, 0.29) is 11.5 Å². The minimum atomic E-state index is -0.975. The Balaban J connectivity index is 1.76. The fraction of sp³-hybridized carbons (Fsp3) is 0.0500. The molecule has 0 fully saturated rings. The molecule has 1 amide bonds. The van der Waals surface area contributed by atoms with E-state index in [2.05, 4.69) is 15.6 Å². The maximum Gasteiger partial charge on any atom is 0.274 e. The largest absolute Gasteiger partial charge is 0.355 e. The van der Waals surface area contributed by atoms with Crippen LogP contribution in [0, 0.1) is 11.6 Å². The van der Waals surface area contributed by atoms with Gasteiger partial charge in [-0.15, -0.1) is 0 Å². The van der Waals surface area contributed by atoms with Crippen molar-refractivity contribution in [1.82, 2.24) is 4.98 Å². The number of aromatic nitrogens is 1. The van der Waals surface area contributed by atoms with Crippen molar-refractivity contribution in [2.75, 3.05) is 10.6 Å². The molecule has 0 spiro atoms. The molecule has 0 atom stereocenters. The monoisotopic (exact) mass is 367 g/mol. The third kappa shape index (κ3) is 4.52. The van der Waals surface area contributed by atoms with Crippen LogP contribution in [0.3, 0.4) is 0 Å². The second-order valence-corrected chi connectivity index (χ2v) is 5.77. The summed E-state index contributed by atoms with van der Waals surface area (Å²) in [6.45, 7) is 1.44. The fourth-order valence-corrected chi connectivity index (χ4v) is 2.38. The third-order valence-corrected chi connectivity index (χ3v) is 3.73. The van der Waals surface area contributed by atoms with Gasteiger partial charge in [-0.1, -0.05) is 12.1 Å². The standard InChI is InChI=1S/C20H15F2N3O2/c1-12(26)13-3-2-4-14(9-13)25-20(27)19-11-16(7-8-23-19)24-15-5-6-17(21)18(22)10-15/h2-11H,1H3,(H,23,24)(H,25,27). The molecule has 0 saturated heterocycles. The van der Waals surface area contributed by atoms with Gasteiger partial charge in [0.15, 0.2) is 17.4 Å². The number of carbonyl (C=O) groups is 2. The highest BCUT2D eigenvalue weighted by molar-refractivity contribution is 6.04. The van der Waals surface area contributed by atoms with E-state index >= 15 is 0 Å². The Hall–Kier alpha value is -3.61. The number of ketones is 1. The minimum absolute atomic E-state index is 0.109. The summed E-state index contributed by atoms with van der Waals surface area (Å²) >= 11 is 0. The quantitative estimate of drug-likeness (QED) is 0.649. The first kappa shape index (κ1) is 18.2. The van der Waals surface area contributed by atoms with Crippen molar-refractivity contribution in [1.29, 1.82) is 0 Å². The van der Waals surface area contributed by atoms with Crippen molar-refractivity contribution in [2.24, 2.45) is 0 Å². The van der Waals surface area contributed by atoms with Gasteiger partial charge >= 0.3 is 0 Å². The molecule has 136 valence electrons. The van der Waals surface area contributed by atoms with Crippen LogP contribution in [0.5, 0.6) is 0 Å². The van der Waals surface area contributed by atoms with Crippen molar-refractivity contribution in [2.45, 2.75) is 6.92 Å². The highest BCUT2D eigenvalue weighted by atomic mass is 19.2.